The van der Waals surface area contributed by atoms with E-state index in [2.05, 4.69) is 10.6 Å². The molecule has 3 rings (SSSR count). The van der Waals surface area contributed by atoms with E-state index in [-0.39, 0.29) is 24.2 Å². The summed E-state index contributed by atoms with van der Waals surface area (Å²) < 4.78 is 13.2. The number of benzene rings is 2. The standard InChI is InChI=1S/C22H26FN3O2/c23-19-6-4-5-18(15-19)16-21(27)24-12-9-17-10-13-26(14-11-17)22(28)25-20-7-2-1-3-8-20/h1-8,15,17H,9-14,16H2,(H,24,27)(H,25,28). The second kappa shape index (κ2) is 9.88. The number of para-hydroxylation sites is 1. The van der Waals surface area contributed by atoms with Gasteiger partial charge in [-0.1, -0.05) is 30.3 Å². The Morgan fingerprint density at radius 2 is 1.79 bits per heavy atom. The molecule has 0 aliphatic carbocycles. The van der Waals surface area contributed by atoms with E-state index in [4.69, 9.17) is 0 Å². The van der Waals surface area contributed by atoms with Gasteiger partial charge in [-0.25, -0.2) is 9.18 Å². The minimum absolute atomic E-state index is 0.0620. The third-order valence-corrected chi connectivity index (χ3v) is 5.06. The molecule has 28 heavy (non-hydrogen) atoms. The Kier molecular flexibility index (Phi) is 7.00. The Morgan fingerprint density at radius 1 is 1.04 bits per heavy atom. The van der Waals surface area contributed by atoms with Crippen molar-refractivity contribution in [1.82, 2.24) is 10.2 Å². The van der Waals surface area contributed by atoms with Crippen molar-refractivity contribution in [2.75, 3.05) is 25.0 Å². The molecule has 1 saturated heterocycles. The van der Waals surface area contributed by atoms with Crippen molar-refractivity contribution in [2.24, 2.45) is 5.92 Å². The highest BCUT2D eigenvalue weighted by Gasteiger charge is 2.22. The maximum absolute atomic E-state index is 13.2. The number of hydrogen-bond acceptors (Lipinski definition) is 2. The van der Waals surface area contributed by atoms with Gasteiger partial charge in [0.1, 0.15) is 5.82 Å². The van der Waals surface area contributed by atoms with Gasteiger partial charge in [0.05, 0.1) is 6.42 Å². The average molecular weight is 383 g/mol. The summed E-state index contributed by atoms with van der Waals surface area (Å²) in [5.41, 5.74) is 1.48. The van der Waals surface area contributed by atoms with Gasteiger partial charge < -0.3 is 15.5 Å². The number of halogens is 1. The molecule has 1 aliphatic heterocycles. The third-order valence-electron chi connectivity index (χ3n) is 5.06. The van der Waals surface area contributed by atoms with Gasteiger partial charge in [-0.15, -0.1) is 0 Å². The highest BCUT2D eigenvalue weighted by Crippen LogP contribution is 2.21. The number of likely N-dealkylation sites (tertiary alicyclic amines) is 1. The first-order valence-electron chi connectivity index (χ1n) is 9.72. The molecule has 148 valence electrons. The molecule has 0 atom stereocenters. The fraction of sp³-hybridized carbons (Fsp3) is 0.364. The number of amides is 3. The highest BCUT2D eigenvalue weighted by atomic mass is 19.1. The zero-order valence-electron chi connectivity index (χ0n) is 15.9. The van der Waals surface area contributed by atoms with Gasteiger partial charge in [-0.2, -0.15) is 0 Å². The van der Waals surface area contributed by atoms with Crippen molar-refractivity contribution in [2.45, 2.75) is 25.7 Å². The lowest BCUT2D eigenvalue weighted by atomic mass is 9.93. The predicted molar refractivity (Wildman–Crippen MR) is 107 cm³/mol. The van der Waals surface area contributed by atoms with E-state index in [1.165, 1.54) is 12.1 Å². The minimum Gasteiger partial charge on any atom is -0.356 e. The van der Waals surface area contributed by atoms with E-state index >= 15 is 0 Å². The summed E-state index contributed by atoms with van der Waals surface area (Å²) in [6.07, 6.45) is 2.95. The fourth-order valence-corrected chi connectivity index (χ4v) is 3.46. The lowest BCUT2D eigenvalue weighted by Gasteiger charge is -2.32. The minimum atomic E-state index is -0.326. The summed E-state index contributed by atoms with van der Waals surface area (Å²) in [5.74, 6) is 0.0777. The maximum atomic E-state index is 13.2. The molecular formula is C22H26FN3O2. The van der Waals surface area contributed by atoms with E-state index in [0.29, 0.717) is 18.0 Å². The van der Waals surface area contributed by atoms with Crippen molar-refractivity contribution >= 4 is 17.6 Å². The number of carbonyl (C=O) groups excluding carboxylic acids is 2. The van der Waals surface area contributed by atoms with Crippen LogP contribution >= 0.6 is 0 Å². The Morgan fingerprint density at radius 3 is 2.50 bits per heavy atom. The van der Waals surface area contributed by atoms with Crippen LogP contribution in [0, 0.1) is 11.7 Å². The van der Waals surface area contributed by atoms with Crippen molar-refractivity contribution < 1.29 is 14.0 Å². The molecular weight excluding hydrogens is 357 g/mol. The molecule has 0 aromatic heterocycles. The monoisotopic (exact) mass is 383 g/mol. The number of rotatable bonds is 6. The van der Waals surface area contributed by atoms with Crippen molar-refractivity contribution in [1.29, 1.82) is 0 Å². The van der Waals surface area contributed by atoms with Gasteiger partial charge in [-0.3, -0.25) is 4.79 Å². The molecule has 2 aromatic carbocycles. The van der Waals surface area contributed by atoms with E-state index in [9.17, 15) is 14.0 Å². The molecule has 1 fully saturated rings. The molecule has 6 heteroatoms. The van der Waals surface area contributed by atoms with Crippen LogP contribution in [-0.2, 0) is 11.2 Å². The Balaban J connectivity index is 1.33. The van der Waals surface area contributed by atoms with Gasteiger partial charge in [0.25, 0.3) is 0 Å². The second-order valence-corrected chi connectivity index (χ2v) is 7.17. The van der Waals surface area contributed by atoms with Gasteiger partial charge >= 0.3 is 6.03 Å². The van der Waals surface area contributed by atoms with Crippen molar-refractivity contribution in [3.8, 4) is 0 Å². The van der Waals surface area contributed by atoms with E-state index in [0.717, 1.165) is 38.0 Å². The number of carbonyl (C=O) groups is 2. The van der Waals surface area contributed by atoms with Crippen LogP contribution in [0.5, 0.6) is 0 Å². The quantitative estimate of drug-likeness (QED) is 0.797. The van der Waals surface area contributed by atoms with Gasteiger partial charge in [0.2, 0.25) is 5.91 Å². The first kappa shape index (κ1) is 19.9. The van der Waals surface area contributed by atoms with Crippen molar-refractivity contribution in [3.63, 3.8) is 0 Å². The zero-order chi connectivity index (χ0) is 19.8. The van der Waals surface area contributed by atoms with Gasteiger partial charge in [0, 0.05) is 25.3 Å². The molecule has 3 amide bonds. The third kappa shape index (κ3) is 6.08. The number of piperidine rings is 1. The fourth-order valence-electron chi connectivity index (χ4n) is 3.46. The molecule has 5 nitrogen and oxygen atoms in total. The summed E-state index contributed by atoms with van der Waals surface area (Å²) in [4.78, 5) is 26.1. The van der Waals surface area contributed by atoms with E-state index in [1.807, 2.05) is 35.2 Å². The number of nitrogens with one attached hydrogen (secondary N) is 2. The molecule has 0 spiro atoms. The van der Waals surface area contributed by atoms with Crippen LogP contribution in [0.1, 0.15) is 24.8 Å². The van der Waals surface area contributed by atoms with Crippen LogP contribution in [0.3, 0.4) is 0 Å². The van der Waals surface area contributed by atoms with Crippen LogP contribution in [-0.4, -0.2) is 36.5 Å². The molecule has 2 N–H and O–H groups in total. The Hall–Kier alpha value is -2.89. The molecule has 1 heterocycles. The Labute approximate surface area is 164 Å². The summed E-state index contributed by atoms with van der Waals surface area (Å²) in [6, 6.07) is 15.5. The summed E-state index contributed by atoms with van der Waals surface area (Å²) in [6.45, 7) is 2.05. The lowest BCUT2D eigenvalue weighted by Crippen LogP contribution is -2.41. The molecule has 0 saturated carbocycles. The summed E-state index contributed by atoms with van der Waals surface area (Å²) in [7, 11) is 0. The van der Waals surface area contributed by atoms with Crippen LogP contribution < -0.4 is 10.6 Å². The van der Waals surface area contributed by atoms with Gasteiger partial charge in [0.15, 0.2) is 0 Å². The van der Waals surface area contributed by atoms with E-state index in [1.54, 1.807) is 12.1 Å². The first-order chi connectivity index (χ1) is 13.6. The Bertz CT molecular complexity index is 789. The van der Waals surface area contributed by atoms with Crippen LogP contribution in [0.15, 0.2) is 54.6 Å². The van der Waals surface area contributed by atoms with Crippen LogP contribution in [0.25, 0.3) is 0 Å². The highest BCUT2D eigenvalue weighted by molar-refractivity contribution is 5.89. The van der Waals surface area contributed by atoms with E-state index < -0.39 is 0 Å². The molecule has 0 radical (unpaired) electrons. The molecule has 0 bridgehead atoms. The SMILES string of the molecule is O=C(Cc1cccc(F)c1)NCCC1CCN(C(=O)Nc2ccccc2)CC1. The lowest BCUT2D eigenvalue weighted by molar-refractivity contribution is -0.120. The predicted octanol–water partition coefficient (Wildman–Crippen LogP) is 3.82. The normalized spacial score (nSPS) is 14.5. The number of hydrogen-bond donors (Lipinski definition) is 2. The molecule has 0 unspecified atom stereocenters. The van der Waals surface area contributed by atoms with Gasteiger partial charge in [-0.05, 0) is 55.0 Å². The summed E-state index contributed by atoms with van der Waals surface area (Å²) >= 11 is 0. The number of urea groups is 1. The average Bonchev–Trinajstić information content (AvgIpc) is 2.69. The maximum Gasteiger partial charge on any atom is 0.321 e. The number of anilines is 1. The second-order valence-electron chi connectivity index (χ2n) is 7.17. The molecule has 2 aromatic rings. The molecule has 1 aliphatic rings. The van der Waals surface area contributed by atoms with Crippen molar-refractivity contribution in [3.05, 3.63) is 66.0 Å². The zero-order valence-corrected chi connectivity index (χ0v) is 15.9. The largest absolute Gasteiger partial charge is 0.356 e. The van der Waals surface area contributed by atoms with Crippen LogP contribution in [0.2, 0.25) is 0 Å². The summed E-state index contributed by atoms with van der Waals surface area (Å²) in [5, 5.41) is 5.83. The van der Waals surface area contributed by atoms with Crippen LogP contribution in [0.4, 0.5) is 14.9 Å². The number of nitrogens with zero attached hydrogens (tertiary/aromatic N) is 1. The topological polar surface area (TPSA) is 61.4 Å². The smallest absolute Gasteiger partial charge is 0.321 e. The first-order valence-corrected chi connectivity index (χ1v) is 9.72.